The average molecular weight is 585 g/mol. The van der Waals surface area contributed by atoms with Gasteiger partial charge in [-0.2, -0.15) is 0 Å². The van der Waals surface area contributed by atoms with Crippen molar-refractivity contribution in [3.05, 3.63) is 136 Å². The van der Waals surface area contributed by atoms with E-state index in [0.29, 0.717) is 21.8 Å². The highest BCUT2D eigenvalue weighted by atomic mass is 32.2. The Balaban J connectivity index is 1.52. The van der Waals surface area contributed by atoms with E-state index in [9.17, 15) is 28.9 Å². The van der Waals surface area contributed by atoms with Gasteiger partial charge in [-0.1, -0.05) is 36.4 Å². The molecule has 212 valence electrons. The number of hydrogen-bond donors (Lipinski definition) is 3. The fourth-order valence-electron chi connectivity index (χ4n) is 3.75. The van der Waals surface area contributed by atoms with E-state index in [2.05, 4.69) is 16.0 Å². The van der Waals surface area contributed by atoms with Crippen molar-refractivity contribution in [3.63, 3.8) is 0 Å². The first-order chi connectivity index (χ1) is 20.2. The van der Waals surface area contributed by atoms with E-state index in [-0.39, 0.29) is 22.9 Å². The Morgan fingerprint density at radius 2 is 1.55 bits per heavy atom. The normalized spacial score (nSPS) is 11.7. The number of benzene rings is 4. The summed E-state index contributed by atoms with van der Waals surface area (Å²) in [6.07, 6.45) is 1.24. The number of para-hydroxylation sites is 1. The van der Waals surface area contributed by atoms with Gasteiger partial charge < -0.3 is 16.0 Å². The van der Waals surface area contributed by atoms with Crippen LogP contribution in [-0.4, -0.2) is 27.9 Å². The molecule has 11 heteroatoms. The standard InChI is InChI=1S/C31H25FN4O5S/c1-20(29(37)33-24-16-14-23(32)15-17-24)42-26-12-7-11-25(19-26)34-31(39)27(35-30(38)21-8-3-2-4-9-21)18-22-10-5-6-13-28(22)36(40)41/h2-20H,1H3,(H,33,37)(H,34,39)(H,35,38)/b27-18+. The molecular formula is C31H25FN4O5S. The fourth-order valence-corrected chi connectivity index (χ4v) is 4.68. The topological polar surface area (TPSA) is 130 Å². The fraction of sp³-hybridized carbons (Fsp3) is 0.0645. The van der Waals surface area contributed by atoms with Crippen molar-refractivity contribution in [1.82, 2.24) is 5.32 Å². The number of rotatable bonds is 10. The van der Waals surface area contributed by atoms with E-state index in [4.69, 9.17) is 0 Å². The maximum absolute atomic E-state index is 13.4. The summed E-state index contributed by atoms with van der Waals surface area (Å²) in [5, 5.41) is 19.0. The lowest BCUT2D eigenvalue weighted by atomic mass is 10.1. The van der Waals surface area contributed by atoms with Crippen LogP contribution in [0.3, 0.4) is 0 Å². The quantitative estimate of drug-likeness (QED) is 0.0873. The molecule has 4 aromatic rings. The second-order valence-corrected chi connectivity index (χ2v) is 10.3. The summed E-state index contributed by atoms with van der Waals surface area (Å²) in [5.41, 5.74) is 0.826. The molecule has 42 heavy (non-hydrogen) atoms. The van der Waals surface area contributed by atoms with Crippen LogP contribution in [0.1, 0.15) is 22.8 Å². The Morgan fingerprint density at radius 3 is 2.26 bits per heavy atom. The third-order valence-corrected chi connectivity index (χ3v) is 6.94. The van der Waals surface area contributed by atoms with Crippen LogP contribution in [0.15, 0.2) is 114 Å². The minimum absolute atomic E-state index is 0.131. The number of nitro benzene ring substituents is 1. The Labute approximate surface area is 245 Å². The Morgan fingerprint density at radius 1 is 0.857 bits per heavy atom. The number of nitrogens with zero attached hydrogens (tertiary/aromatic N) is 1. The summed E-state index contributed by atoms with van der Waals surface area (Å²) in [4.78, 5) is 50.5. The number of halogens is 1. The smallest absolute Gasteiger partial charge is 0.276 e. The number of nitrogens with one attached hydrogen (secondary N) is 3. The SMILES string of the molecule is CC(Sc1cccc(NC(=O)/C(=C\c2ccccc2[N+](=O)[O-])NC(=O)c2ccccc2)c1)C(=O)Nc1ccc(F)cc1. The Hall–Kier alpha value is -5.29. The first kappa shape index (κ1) is 29.7. The number of anilines is 2. The lowest BCUT2D eigenvalue weighted by Crippen LogP contribution is -2.30. The van der Waals surface area contributed by atoms with Gasteiger partial charge in [0.2, 0.25) is 5.91 Å². The van der Waals surface area contributed by atoms with Crippen LogP contribution >= 0.6 is 11.8 Å². The molecular weight excluding hydrogens is 559 g/mol. The molecule has 0 aliphatic heterocycles. The van der Waals surface area contributed by atoms with Gasteiger partial charge in [0.05, 0.1) is 15.7 Å². The zero-order chi connectivity index (χ0) is 30.1. The van der Waals surface area contributed by atoms with Gasteiger partial charge in [0.1, 0.15) is 11.5 Å². The molecule has 0 radical (unpaired) electrons. The molecule has 0 heterocycles. The molecule has 4 rings (SSSR count). The highest BCUT2D eigenvalue weighted by Gasteiger charge is 2.19. The van der Waals surface area contributed by atoms with Crippen molar-refractivity contribution in [2.75, 3.05) is 10.6 Å². The molecule has 0 aromatic heterocycles. The molecule has 3 N–H and O–H groups in total. The molecule has 0 fully saturated rings. The van der Waals surface area contributed by atoms with Crippen molar-refractivity contribution in [2.45, 2.75) is 17.1 Å². The molecule has 0 aliphatic carbocycles. The van der Waals surface area contributed by atoms with Gasteiger partial charge >= 0.3 is 0 Å². The zero-order valence-electron chi connectivity index (χ0n) is 22.2. The molecule has 3 amide bonds. The predicted octanol–water partition coefficient (Wildman–Crippen LogP) is 6.26. The van der Waals surface area contributed by atoms with Gasteiger partial charge in [-0.3, -0.25) is 24.5 Å². The Bertz CT molecular complexity index is 1640. The average Bonchev–Trinajstić information content (AvgIpc) is 2.98. The number of carbonyl (C=O) groups excluding carboxylic acids is 3. The lowest BCUT2D eigenvalue weighted by molar-refractivity contribution is -0.385. The maximum atomic E-state index is 13.4. The first-order valence-corrected chi connectivity index (χ1v) is 13.5. The second kappa shape index (κ2) is 13.9. The van der Waals surface area contributed by atoms with Crippen LogP contribution in [0, 0.1) is 15.9 Å². The van der Waals surface area contributed by atoms with Gasteiger partial charge in [0, 0.05) is 27.9 Å². The van der Waals surface area contributed by atoms with Gasteiger partial charge in [-0.15, -0.1) is 11.8 Å². The predicted molar refractivity (Wildman–Crippen MR) is 160 cm³/mol. The van der Waals surface area contributed by atoms with Crippen molar-refractivity contribution in [1.29, 1.82) is 0 Å². The summed E-state index contributed by atoms with van der Waals surface area (Å²) in [5.74, 6) is -1.98. The largest absolute Gasteiger partial charge is 0.325 e. The number of nitro groups is 1. The minimum Gasteiger partial charge on any atom is -0.325 e. The highest BCUT2D eigenvalue weighted by Crippen LogP contribution is 2.27. The van der Waals surface area contributed by atoms with Crippen LogP contribution < -0.4 is 16.0 Å². The first-order valence-electron chi connectivity index (χ1n) is 12.7. The second-order valence-electron chi connectivity index (χ2n) is 8.93. The number of amides is 3. The van der Waals surface area contributed by atoms with Crippen LogP contribution in [-0.2, 0) is 9.59 Å². The minimum atomic E-state index is -0.707. The van der Waals surface area contributed by atoms with E-state index < -0.39 is 27.8 Å². The van der Waals surface area contributed by atoms with Crippen molar-refractivity contribution in [3.8, 4) is 0 Å². The Kier molecular flexibility index (Phi) is 9.80. The molecule has 1 atom stereocenters. The number of hydrogen-bond acceptors (Lipinski definition) is 6. The summed E-state index contributed by atoms with van der Waals surface area (Å²) in [6.45, 7) is 1.71. The lowest BCUT2D eigenvalue weighted by Gasteiger charge is -2.14. The zero-order valence-corrected chi connectivity index (χ0v) is 23.1. The summed E-state index contributed by atoms with van der Waals surface area (Å²) in [7, 11) is 0. The van der Waals surface area contributed by atoms with Crippen LogP contribution in [0.4, 0.5) is 21.5 Å². The van der Waals surface area contributed by atoms with E-state index >= 15 is 0 Å². The van der Waals surface area contributed by atoms with Crippen LogP contribution in [0.5, 0.6) is 0 Å². The van der Waals surface area contributed by atoms with Crippen LogP contribution in [0.25, 0.3) is 6.08 Å². The monoisotopic (exact) mass is 584 g/mol. The van der Waals surface area contributed by atoms with E-state index in [1.807, 2.05) is 0 Å². The van der Waals surface area contributed by atoms with Crippen molar-refractivity contribution >= 4 is 52.6 Å². The van der Waals surface area contributed by atoms with Crippen molar-refractivity contribution in [2.24, 2.45) is 0 Å². The van der Waals surface area contributed by atoms with Gasteiger partial charge in [0.15, 0.2) is 0 Å². The molecule has 0 aliphatic rings. The van der Waals surface area contributed by atoms with E-state index in [0.717, 1.165) is 0 Å². The van der Waals surface area contributed by atoms with Gasteiger partial charge in [0.25, 0.3) is 17.5 Å². The van der Waals surface area contributed by atoms with Gasteiger partial charge in [-0.05, 0) is 73.7 Å². The summed E-state index contributed by atoms with van der Waals surface area (Å²) in [6, 6.07) is 26.3. The third kappa shape index (κ3) is 8.12. The third-order valence-electron chi connectivity index (χ3n) is 5.85. The highest BCUT2D eigenvalue weighted by molar-refractivity contribution is 8.00. The molecule has 0 saturated heterocycles. The molecule has 4 aromatic carbocycles. The molecule has 0 saturated carbocycles. The number of carbonyl (C=O) groups is 3. The van der Waals surface area contributed by atoms with Crippen molar-refractivity contribution < 1.29 is 23.7 Å². The summed E-state index contributed by atoms with van der Waals surface area (Å²) < 4.78 is 13.1. The number of thioether (sulfide) groups is 1. The summed E-state index contributed by atoms with van der Waals surface area (Å²) >= 11 is 1.24. The van der Waals surface area contributed by atoms with E-state index in [1.165, 1.54) is 60.3 Å². The molecule has 9 nitrogen and oxygen atoms in total. The molecule has 1 unspecified atom stereocenters. The van der Waals surface area contributed by atoms with E-state index in [1.54, 1.807) is 67.6 Å². The van der Waals surface area contributed by atoms with Gasteiger partial charge in [-0.25, -0.2) is 4.39 Å². The molecule has 0 bridgehead atoms. The maximum Gasteiger partial charge on any atom is 0.276 e. The van der Waals surface area contributed by atoms with Crippen LogP contribution in [0.2, 0.25) is 0 Å². The molecule has 0 spiro atoms.